The number of ether oxygens (including phenoxy) is 2. The van der Waals surface area contributed by atoms with Crippen molar-refractivity contribution in [2.24, 2.45) is 0 Å². The molecule has 1 aliphatic carbocycles. The average molecular weight is 615 g/mol. The first kappa shape index (κ1) is 35.6. The van der Waals surface area contributed by atoms with E-state index in [1.165, 1.54) is 45.6 Å². The third kappa shape index (κ3) is 9.30. The van der Waals surface area contributed by atoms with Crippen LogP contribution in [-0.4, -0.2) is 78.3 Å². The number of methoxy groups -OCH3 is 1. The minimum absolute atomic E-state index is 0.0327. The molecule has 246 valence electrons. The van der Waals surface area contributed by atoms with Crippen LogP contribution in [-0.2, 0) is 9.59 Å². The van der Waals surface area contributed by atoms with Crippen LogP contribution in [0.15, 0.2) is 23.8 Å². The van der Waals surface area contributed by atoms with Gasteiger partial charge in [0.15, 0.2) is 11.5 Å². The van der Waals surface area contributed by atoms with E-state index in [1.807, 2.05) is 0 Å². The van der Waals surface area contributed by atoms with Crippen LogP contribution in [0.5, 0.6) is 11.5 Å². The highest BCUT2D eigenvalue weighted by Gasteiger charge is 2.51. The first-order valence-corrected chi connectivity index (χ1v) is 16.8. The largest absolute Gasteiger partial charge is 0.493 e. The lowest BCUT2D eigenvalue weighted by atomic mass is 9.77. The number of hydrogen-bond donors (Lipinski definition) is 3. The summed E-state index contributed by atoms with van der Waals surface area (Å²) in [5.41, 5.74) is 1.29. The van der Waals surface area contributed by atoms with Gasteiger partial charge in [-0.2, -0.15) is 0 Å². The summed E-state index contributed by atoms with van der Waals surface area (Å²) < 4.78 is 11.8. The van der Waals surface area contributed by atoms with Gasteiger partial charge in [-0.15, -0.1) is 0 Å². The number of rotatable bonds is 21. The van der Waals surface area contributed by atoms with Crippen molar-refractivity contribution in [2.45, 2.75) is 128 Å². The Morgan fingerprint density at radius 2 is 1.61 bits per heavy atom. The van der Waals surface area contributed by atoms with Crippen LogP contribution in [0.3, 0.4) is 0 Å². The number of aliphatic hydroxyl groups excluding tert-OH is 2. The first-order chi connectivity index (χ1) is 21.4. The monoisotopic (exact) mass is 614 g/mol. The first-order valence-electron chi connectivity index (χ1n) is 16.8. The van der Waals surface area contributed by atoms with Gasteiger partial charge in [-0.1, -0.05) is 84.5 Å². The molecule has 0 aromatic heterocycles. The number of benzene rings is 1. The molecule has 0 spiro atoms. The van der Waals surface area contributed by atoms with Crippen LogP contribution in [0.4, 0.5) is 0 Å². The number of aliphatic hydroxyl groups is 2. The summed E-state index contributed by atoms with van der Waals surface area (Å²) in [6, 6.07) is 2.47. The van der Waals surface area contributed by atoms with Crippen molar-refractivity contribution < 1.29 is 34.1 Å². The molecule has 9 heteroatoms. The molecule has 1 aromatic rings. The van der Waals surface area contributed by atoms with Gasteiger partial charge >= 0.3 is 0 Å². The third-order valence-electron chi connectivity index (χ3n) is 8.84. The SMILES string of the molecule is CCCCCCCCCCCC(=O)N(CCCCCC)C1C=C(C(=O)NCCO)C2c3cc(C=O)cc(OC)c3OC2C1O. The molecule has 4 atom stereocenters. The summed E-state index contributed by atoms with van der Waals surface area (Å²) in [5.74, 6) is -0.386. The maximum atomic E-state index is 13.8. The lowest BCUT2D eigenvalue weighted by Crippen LogP contribution is -2.56. The van der Waals surface area contributed by atoms with Gasteiger partial charge in [-0.05, 0) is 31.1 Å². The molecule has 9 nitrogen and oxygen atoms in total. The molecule has 3 rings (SSSR count). The Morgan fingerprint density at radius 1 is 0.977 bits per heavy atom. The van der Waals surface area contributed by atoms with Gasteiger partial charge in [-0.3, -0.25) is 14.4 Å². The summed E-state index contributed by atoms with van der Waals surface area (Å²) in [6.07, 6.45) is 15.1. The minimum Gasteiger partial charge on any atom is -0.493 e. The van der Waals surface area contributed by atoms with E-state index in [0.717, 1.165) is 44.9 Å². The summed E-state index contributed by atoms with van der Waals surface area (Å²) in [6.45, 7) is 4.67. The van der Waals surface area contributed by atoms with Crippen molar-refractivity contribution in [1.82, 2.24) is 10.2 Å². The fourth-order valence-corrected chi connectivity index (χ4v) is 6.44. The molecule has 1 aliphatic heterocycles. The maximum Gasteiger partial charge on any atom is 0.247 e. The zero-order chi connectivity index (χ0) is 31.9. The van der Waals surface area contributed by atoms with Crippen LogP contribution in [0, 0.1) is 0 Å². The molecular weight excluding hydrogens is 560 g/mol. The number of hydrogen-bond acceptors (Lipinski definition) is 7. The molecule has 2 aliphatic rings. The van der Waals surface area contributed by atoms with E-state index in [1.54, 1.807) is 23.1 Å². The van der Waals surface area contributed by atoms with E-state index in [9.17, 15) is 24.6 Å². The smallest absolute Gasteiger partial charge is 0.247 e. The van der Waals surface area contributed by atoms with E-state index in [-0.39, 0.29) is 19.1 Å². The molecule has 0 radical (unpaired) electrons. The summed E-state index contributed by atoms with van der Waals surface area (Å²) >= 11 is 0. The molecule has 0 fully saturated rings. The normalized spacial score (nSPS) is 20.2. The number of fused-ring (bicyclic) bond motifs is 3. The second-order valence-electron chi connectivity index (χ2n) is 12.1. The Balaban J connectivity index is 1.84. The number of nitrogens with zero attached hydrogens (tertiary/aromatic N) is 1. The van der Waals surface area contributed by atoms with E-state index in [0.29, 0.717) is 47.5 Å². The molecule has 2 amide bonds. The fourth-order valence-electron chi connectivity index (χ4n) is 6.44. The number of carbonyl (C=O) groups is 3. The van der Waals surface area contributed by atoms with Gasteiger partial charge in [0.2, 0.25) is 11.8 Å². The lowest BCUT2D eigenvalue weighted by molar-refractivity contribution is -0.137. The van der Waals surface area contributed by atoms with Crippen molar-refractivity contribution in [1.29, 1.82) is 0 Å². The van der Waals surface area contributed by atoms with Gasteiger partial charge in [0.25, 0.3) is 0 Å². The van der Waals surface area contributed by atoms with Crippen LogP contribution in [0.2, 0.25) is 0 Å². The molecule has 44 heavy (non-hydrogen) atoms. The number of aldehydes is 1. The minimum atomic E-state index is -1.11. The second kappa shape index (κ2) is 18.8. The van der Waals surface area contributed by atoms with Crippen molar-refractivity contribution in [3.63, 3.8) is 0 Å². The van der Waals surface area contributed by atoms with Gasteiger partial charge in [0, 0.05) is 36.2 Å². The van der Waals surface area contributed by atoms with E-state index >= 15 is 0 Å². The third-order valence-corrected chi connectivity index (χ3v) is 8.84. The quantitative estimate of drug-likeness (QED) is 0.124. The van der Waals surface area contributed by atoms with Gasteiger partial charge in [0.1, 0.15) is 18.5 Å². The van der Waals surface area contributed by atoms with Gasteiger partial charge in [-0.25, -0.2) is 0 Å². The predicted molar refractivity (Wildman–Crippen MR) is 171 cm³/mol. The molecule has 3 N–H and O–H groups in total. The number of unbranched alkanes of at least 4 members (excludes halogenated alkanes) is 11. The maximum absolute atomic E-state index is 13.8. The zero-order valence-electron chi connectivity index (χ0n) is 27.0. The fraction of sp³-hybridized carbons (Fsp3) is 0.686. The highest BCUT2D eigenvalue weighted by Crippen LogP contribution is 2.51. The van der Waals surface area contributed by atoms with Gasteiger partial charge in [0.05, 0.1) is 25.7 Å². The second-order valence-corrected chi connectivity index (χ2v) is 12.1. The van der Waals surface area contributed by atoms with E-state index in [2.05, 4.69) is 19.2 Å². The number of amides is 2. The van der Waals surface area contributed by atoms with Crippen molar-refractivity contribution >= 4 is 18.1 Å². The molecule has 0 saturated heterocycles. The Bertz CT molecular complexity index is 1100. The van der Waals surface area contributed by atoms with Crippen molar-refractivity contribution in [3.8, 4) is 11.5 Å². The molecule has 1 aromatic carbocycles. The lowest BCUT2D eigenvalue weighted by Gasteiger charge is -2.41. The summed E-state index contributed by atoms with van der Waals surface area (Å²) in [4.78, 5) is 40.7. The zero-order valence-corrected chi connectivity index (χ0v) is 27.0. The average Bonchev–Trinajstić information content (AvgIpc) is 3.43. The summed E-state index contributed by atoms with van der Waals surface area (Å²) in [5, 5.41) is 23.9. The summed E-state index contributed by atoms with van der Waals surface area (Å²) in [7, 11) is 1.47. The highest BCUT2D eigenvalue weighted by molar-refractivity contribution is 5.96. The molecule has 0 saturated carbocycles. The van der Waals surface area contributed by atoms with E-state index < -0.39 is 30.1 Å². The predicted octanol–water partition coefficient (Wildman–Crippen LogP) is 5.46. The highest BCUT2D eigenvalue weighted by atomic mass is 16.5. The van der Waals surface area contributed by atoms with Crippen LogP contribution < -0.4 is 14.8 Å². The van der Waals surface area contributed by atoms with Crippen LogP contribution in [0.1, 0.15) is 126 Å². The number of nitrogens with one attached hydrogen (secondary N) is 1. The van der Waals surface area contributed by atoms with Crippen molar-refractivity contribution in [3.05, 3.63) is 34.9 Å². The van der Waals surface area contributed by atoms with E-state index in [4.69, 9.17) is 9.47 Å². The Hall–Kier alpha value is -2.91. The van der Waals surface area contributed by atoms with Crippen LogP contribution in [0.25, 0.3) is 0 Å². The Kier molecular flexibility index (Phi) is 15.2. The topological polar surface area (TPSA) is 125 Å². The molecule has 1 heterocycles. The molecule has 4 unspecified atom stereocenters. The Labute approximate surface area is 263 Å². The Morgan fingerprint density at radius 3 is 2.23 bits per heavy atom. The molecule has 0 bridgehead atoms. The van der Waals surface area contributed by atoms with Gasteiger partial charge < -0.3 is 29.9 Å². The molecular formula is C35H54N2O7. The van der Waals surface area contributed by atoms with Crippen molar-refractivity contribution in [2.75, 3.05) is 26.8 Å². The van der Waals surface area contributed by atoms with Crippen LogP contribution >= 0.6 is 0 Å². The standard InChI is InChI=1S/C35H54N2O7/c1-4-6-8-10-11-12-13-14-15-17-30(40)37(19-16-9-7-5-2)28-23-27(35(42)36-18-20-38)31-26-21-25(24-39)22-29(43-3)33(26)44-34(31)32(28)41/h21-24,28,31-32,34,38,41H,4-20H2,1-3H3,(H,36,42). The number of carbonyl (C=O) groups excluding carboxylic acids is 3.